The maximum atomic E-state index is 13.0. The maximum absolute atomic E-state index is 13.0. The van der Waals surface area contributed by atoms with Crippen molar-refractivity contribution in [2.24, 2.45) is 0 Å². The predicted octanol–water partition coefficient (Wildman–Crippen LogP) is 3.90. The lowest BCUT2D eigenvalue weighted by atomic mass is 10.1. The van der Waals surface area contributed by atoms with Crippen LogP contribution in [0.15, 0.2) is 41.8 Å². The summed E-state index contributed by atoms with van der Waals surface area (Å²) < 4.78 is 4.56. The van der Waals surface area contributed by atoms with Gasteiger partial charge in [-0.25, -0.2) is 9.97 Å². The third kappa shape index (κ3) is 6.33. The Labute approximate surface area is 227 Å². The highest BCUT2D eigenvalue weighted by molar-refractivity contribution is 7.21. The van der Waals surface area contributed by atoms with Crippen molar-refractivity contribution in [1.29, 1.82) is 0 Å². The van der Waals surface area contributed by atoms with Gasteiger partial charge in [-0.2, -0.15) is 0 Å². The third-order valence-corrected chi connectivity index (χ3v) is 7.19. The first-order chi connectivity index (χ1) is 18.1. The second-order valence-corrected chi connectivity index (χ2v) is 11.4. The van der Waals surface area contributed by atoms with Gasteiger partial charge in [0, 0.05) is 16.8 Å². The van der Waals surface area contributed by atoms with E-state index < -0.39 is 11.5 Å². The summed E-state index contributed by atoms with van der Waals surface area (Å²) in [7, 11) is 1.28. The van der Waals surface area contributed by atoms with Crippen LogP contribution < -0.4 is 21.7 Å². The molecule has 2 amide bonds. The molecule has 4 rings (SSSR count). The van der Waals surface area contributed by atoms with Crippen LogP contribution in [-0.2, 0) is 14.3 Å². The SMILES string of the molecule is COC(=O)CNCC(=O)Nc1cccc(-c2nc(-c3cccs3)nc3sc(C(=O)NC(C)(C)C)c(N)c23)c1. The molecule has 0 fully saturated rings. The molecular formula is C26H28N6O4S2. The first kappa shape index (κ1) is 27.2. The van der Waals surface area contributed by atoms with Crippen molar-refractivity contribution in [3.8, 4) is 22.0 Å². The number of rotatable bonds is 8. The number of carbonyl (C=O) groups excluding carboxylic acids is 3. The largest absolute Gasteiger partial charge is 0.468 e. The predicted molar refractivity (Wildman–Crippen MR) is 151 cm³/mol. The number of fused-ring (bicyclic) bond motifs is 1. The summed E-state index contributed by atoms with van der Waals surface area (Å²) in [6.45, 7) is 5.57. The number of amides is 2. The molecule has 0 saturated heterocycles. The van der Waals surface area contributed by atoms with Crippen molar-refractivity contribution in [2.75, 3.05) is 31.2 Å². The minimum atomic E-state index is -0.460. The Morgan fingerprint density at radius 2 is 1.87 bits per heavy atom. The molecule has 3 aromatic heterocycles. The molecule has 1 aromatic carbocycles. The average molecular weight is 553 g/mol. The van der Waals surface area contributed by atoms with Crippen LogP contribution in [0.1, 0.15) is 30.4 Å². The standard InChI is InChI=1S/C26H28N6O4S2/c1-26(2,3)32-24(35)22-20(27)19-21(30-23(31-25(19)38-22)16-9-6-10-37-16)14-7-5-8-15(11-14)29-17(33)12-28-13-18(34)36-4/h5-11,28H,12-13,27H2,1-4H3,(H,29,33)(H,32,35). The highest BCUT2D eigenvalue weighted by Gasteiger charge is 2.25. The van der Waals surface area contributed by atoms with Gasteiger partial charge < -0.3 is 21.1 Å². The molecule has 198 valence electrons. The molecule has 0 aliphatic carbocycles. The van der Waals surface area contributed by atoms with E-state index >= 15 is 0 Å². The molecule has 0 aliphatic rings. The summed E-state index contributed by atoms with van der Waals surface area (Å²) in [5.41, 5.74) is 8.19. The molecule has 38 heavy (non-hydrogen) atoms. The van der Waals surface area contributed by atoms with E-state index in [9.17, 15) is 14.4 Å². The second kappa shape index (κ2) is 11.3. The minimum absolute atomic E-state index is 0.0661. The Bertz CT molecular complexity index is 1490. The number of ether oxygens (including phenoxy) is 1. The average Bonchev–Trinajstić information content (AvgIpc) is 3.51. The molecule has 10 nitrogen and oxygen atoms in total. The zero-order valence-electron chi connectivity index (χ0n) is 21.4. The topological polar surface area (TPSA) is 148 Å². The normalized spacial score (nSPS) is 11.4. The Morgan fingerprint density at radius 3 is 2.55 bits per heavy atom. The number of methoxy groups -OCH3 is 1. The number of nitrogens with zero attached hydrogens (tertiary/aromatic N) is 2. The zero-order chi connectivity index (χ0) is 27.4. The fourth-order valence-electron chi connectivity index (χ4n) is 3.61. The van der Waals surface area contributed by atoms with Gasteiger partial charge >= 0.3 is 5.97 Å². The Hall–Kier alpha value is -3.87. The van der Waals surface area contributed by atoms with Gasteiger partial charge in [-0.15, -0.1) is 22.7 Å². The van der Waals surface area contributed by atoms with E-state index in [1.807, 2.05) is 44.4 Å². The summed E-state index contributed by atoms with van der Waals surface area (Å²) in [6, 6.07) is 11.0. The van der Waals surface area contributed by atoms with Crippen LogP contribution in [0.2, 0.25) is 0 Å². The highest BCUT2D eigenvalue weighted by Crippen LogP contribution is 2.40. The summed E-state index contributed by atoms with van der Waals surface area (Å²) in [5.74, 6) is -0.539. The smallest absolute Gasteiger partial charge is 0.319 e. The Kier molecular flexibility index (Phi) is 8.05. The minimum Gasteiger partial charge on any atom is -0.468 e. The van der Waals surface area contributed by atoms with Crippen molar-refractivity contribution >= 4 is 62.0 Å². The maximum Gasteiger partial charge on any atom is 0.319 e. The van der Waals surface area contributed by atoms with Crippen LogP contribution in [0, 0.1) is 0 Å². The van der Waals surface area contributed by atoms with Crippen LogP contribution in [0.25, 0.3) is 32.2 Å². The van der Waals surface area contributed by atoms with E-state index in [4.69, 9.17) is 15.7 Å². The molecule has 0 radical (unpaired) electrons. The fourth-order valence-corrected chi connectivity index (χ4v) is 5.26. The van der Waals surface area contributed by atoms with E-state index in [-0.39, 0.29) is 24.9 Å². The quantitative estimate of drug-likeness (QED) is 0.241. The molecule has 5 N–H and O–H groups in total. The second-order valence-electron chi connectivity index (χ2n) is 9.41. The van der Waals surface area contributed by atoms with Crippen molar-refractivity contribution in [1.82, 2.24) is 20.6 Å². The summed E-state index contributed by atoms with van der Waals surface area (Å²) in [6.07, 6.45) is 0. The van der Waals surface area contributed by atoms with Gasteiger partial charge in [0.25, 0.3) is 5.91 Å². The van der Waals surface area contributed by atoms with Crippen LogP contribution in [0.4, 0.5) is 11.4 Å². The molecule has 4 aromatic rings. The number of anilines is 2. The van der Waals surface area contributed by atoms with Crippen LogP contribution in [-0.4, -0.2) is 53.5 Å². The van der Waals surface area contributed by atoms with Crippen molar-refractivity contribution in [2.45, 2.75) is 26.3 Å². The number of nitrogens with two attached hydrogens (primary N) is 1. The first-order valence-electron chi connectivity index (χ1n) is 11.7. The number of benzene rings is 1. The fraction of sp³-hybridized carbons (Fsp3) is 0.269. The number of esters is 1. The highest BCUT2D eigenvalue weighted by atomic mass is 32.1. The Morgan fingerprint density at radius 1 is 1.08 bits per heavy atom. The molecule has 3 heterocycles. The van der Waals surface area contributed by atoms with E-state index in [1.165, 1.54) is 29.8 Å². The number of carbonyl (C=O) groups is 3. The molecule has 0 saturated carbocycles. The lowest BCUT2D eigenvalue weighted by molar-refractivity contribution is -0.139. The van der Waals surface area contributed by atoms with Gasteiger partial charge in [0.05, 0.1) is 41.8 Å². The van der Waals surface area contributed by atoms with E-state index in [0.29, 0.717) is 43.6 Å². The third-order valence-electron chi connectivity index (χ3n) is 5.23. The number of aromatic nitrogens is 2. The van der Waals surface area contributed by atoms with Gasteiger partial charge in [0.15, 0.2) is 5.82 Å². The number of nitrogen functional groups attached to an aromatic ring is 1. The molecule has 0 spiro atoms. The van der Waals surface area contributed by atoms with Crippen molar-refractivity contribution in [3.05, 3.63) is 46.7 Å². The van der Waals surface area contributed by atoms with Gasteiger partial charge in [0.2, 0.25) is 5.91 Å². The van der Waals surface area contributed by atoms with Gasteiger partial charge in [-0.05, 0) is 44.4 Å². The first-order valence-corrected chi connectivity index (χ1v) is 13.4. The number of hydrogen-bond donors (Lipinski definition) is 4. The molecule has 0 bridgehead atoms. The molecule has 0 atom stereocenters. The van der Waals surface area contributed by atoms with Crippen LogP contribution >= 0.6 is 22.7 Å². The van der Waals surface area contributed by atoms with Gasteiger partial charge in [-0.3, -0.25) is 19.7 Å². The lowest BCUT2D eigenvalue weighted by Gasteiger charge is -2.20. The van der Waals surface area contributed by atoms with Gasteiger partial charge in [-0.1, -0.05) is 18.2 Å². The molecule has 0 unspecified atom stereocenters. The lowest BCUT2D eigenvalue weighted by Crippen LogP contribution is -2.40. The van der Waals surface area contributed by atoms with Crippen molar-refractivity contribution in [3.63, 3.8) is 0 Å². The zero-order valence-corrected chi connectivity index (χ0v) is 23.0. The van der Waals surface area contributed by atoms with E-state index in [2.05, 4.69) is 20.7 Å². The molecule has 0 aliphatic heterocycles. The van der Waals surface area contributed by atoms with Gasteiger partial charge in [0.1, 0.15) is 9.71 Å². The monoisotopic (exact) mass is 552 g/mol. The van der Waals surface area contributed by atoms with Crippen molar-refractivity contribution < 1.29 is 19.1 Å². The summed E-state index contributed by atoms with van der Waals surface area (Å²) >= 11 is 2.73. The summed E-state index contributed by atoms with van der Waals surface area (Å²) in [5, 5.41) is 11.0. The van der Waals surface area contributed by atoms with Crippen LogP contribution in [0.3, 0.4) is 0 Å². The molecule has 12 heteroatoms. The van der Waals surface area contributed by atoms with E-state index in [0.717, 1.165) is 4.88 Å². The van der Waals surface area contributed by atoms with Crippen LogP contribution in [0.5, 0.6) is 0 Å². The number of thiophene rings is 2. The van der Waals surface area contributed by atoms with E-state index in [1.54, 1.807) is 18.2 Å². The number of hydrogen-bond acceptors (Lipinski definition) is 10. The molecular weight excluding hydrogens is 524 g/mol. The number of nitrogens with one attached hydrogen (secondary N) is 3. The Balaban J connectivity index is 1.73. The summed E-state index contributed by atoms with van der Waals surface area (Å²) in [4.78, 5) is 48.1.